The molecule has 0 saturated heterocycles. The van der Waals surface area contributed by atoms with Crippen molar-refractivity contribution in [3.05, 3.63) is 56.0 Å². The lowest BCUT2D eigenvalue weighted by Crippen LogP contribution is -2.15. The zero-order chi connectivity index (χ0) is 14.0. The molecule has 0 bridgehead atoms. The first-order chi connectivity index (χ1) is 9.02. The van der Waals surface area contributed by atoms with E-state index in [0.29, 0.717) is 23.4 Å². The van der Waals surface area contributed by atoms with Crippen LogP contribution in [0.2, 0.25) is 0 Å². The minimum absolute atomic E-state index is 0.00826. The summed E-state index contributed by atoms with van der Waals surface area (Å²) in [5, 5.41) is 10.6. The number of hydrogen-bond acceptors (Lipinski definition) is 4. The molecule has 0 aliphatic carbocycles. The van der Waals surface area contributed by atoms with Gasteiger partial charge in [0, 0.05) is 23.3 Å². The number of benzene rings is 1. The van der Waals surface area contributed by atoms with Crippen LogP contribution in [-0.2, 0) is 6.42 Å². The third-order valence-corrected chi connectivity index (χ3v) is 2.94. The number of hydrogen-bond donors (Lipinski definition) is 1. The molecule has 0 radical (unpaired) electrons. The quantitative estimate of drug-likeness (QED) is 0.676. The highest BCUT2D eigenvalue weighted by Gasteiger charge is 2.09. The van der Waals surface area contributed by atoms with Crippen LogP contribution in [0.4, 0.5) is 5.69 Å². The molecule has 1 N–H and O–H groups in total. The van der Waals surface area contributed by atoms with Crippen molar-refractivity contribution in [3.8, 4) is 11.4 Å². The van der Waals surface area contributed by atoms with Crippen molar-refractivity contribution in [2.24, 2.45) is 0 Å². The van der Waals surface area contributed by atoms with Gasteiger partial charge in [-0.1, -0.05) is 6.92 Å². The molecule has 0 aliphatic rings. The molecule has 98 valence electrons. The summed E-state index contributed by atoms with van der Waals surface area (Å²) in [6.07, 6.45) is 0.662. The van der Waals surface area contributed by atoms with Crippen molar-refractivity contribution in [1.82, 2.24) is 9.97 Å². The summed E-state index contributed by atoms with van der Waals surface area (Å²) in [5.41, 5.74) is 1.82. The largest absolute Gasteiger partial charge is 0.306 e. The van der Waals surface area contributed by atoms with Crippen molar-refractivity contribution in [3.63, 3.8) is 0 Å². The maximum Gasteiger partial charge on any atom is 0.269 e. The van der Waals surface area contributed by atoms with Crippen molar-refractivity contribution < 1.29 is 4.92 Å². The molecule has 0 spiro atoms. The summed E-state index contributed by atoms with van der Waals surface area (Å²) in [5.74, 6) is 0.433. The van der Waals surface area contributed by atoms with Gasteiger partial charge in [0.2, 0.25) is 0 Å². The molecule has 0 saturated carbocycles. The Morgan fingerprint density at radius 2 is 1.95 bits per heavy atom. The summed E-state index contributed by atoms with van der Waals surface area (Å²) < 4.78 is 0. The SMILES string of the molecule is CCc1nc(-c2ccc([N+](=O)[O-])cc2)[nH]c(=O)c1C. The molecule has 0 fully saturated rings. The number of nitro groups is 1. The average molecular weight is 259 g/mol. The van der Waals surface area contributed by atoms with Crippen LogP contribution in [0.15, 0.2) is 29.1 Å². The number of aromatic nitrogens is 2. The molecular weight excluding hydrogens is 246 g/mol. The van der Waals surface area contributed by atoms with Gasteiger partial charge in [-0.15, -0.1) is 0 Å². The van der Waals surface area contributed by atoms with Crippen molar-refractivity contribution in [2.45, 2.75) is 20.3 Å². The van der Waals surface area contributed by atoms with Gasteiger partial charge in [0.05, 0.1) is 10.6 Å². The third-order valence-electron chi connectivity index (χ3n) is 2.94. The second kappa shape index (κ2) is 5.01. The van der Waals surface area contributed by atoms with E-state index >= 15 is 0 Å². The molecule has 1 aromatic heterocycles. The van der Waals surface area contributed by atoms with E-state index in [-0.39, 0.29) is 11.2 Å². The Morgan fingerprint density at radius 1 is 1.32 bits per heavy atom. The second-order valence-electron chi connectivity index (χ2n) is 4.14. The summed E-state index contributed by atoms with van der Waals surface area (Å²) in [4.78, 5) is 28.9. The summed E-state index contributed by atoms with van der Waals surface area (Å²) >= 11 is 0. The highest BCUT2D eigenvalue weighted by molar-refractivity contribution is 5.57. The maximum atomic E-state index is 11.8. The zero-order valence-electron chi connectivity index (χ0n) is 10.6. The van der Waals surface area contributed by atoms with Crippen molar-refractivity contribution in [2.75, 3.05) is 0 Å². The Labute approximate surface area is 109 Å². The lowest BCUT2D eigenvalue weighted by atomic mass is 10.1. The number of aromatic amines is 1. The summed E-state index contributed by atoms with van der Waals surface area (Å²) in [6.45, 7) is 3.65. The molecule has 0 amide bonds. The van der Waals surface area contributed by atoms with E-state index in [9.17, 15) is 14.9 Å². The molecule has 6 nitrogen and oxygen atoms in total. The molecule has 1 aromatic carbocycles. The highest BCUT2D eigenvalue weighted by atomic mass is 16.6. The monoisotopic (exact) mass is 259 g/mol. The zero-order valence-corrected chi connectivity index (χ0v) is 10.6. The van der Waals surface area contributed by atoms with Gasteiger partial charge in [-0.25, -0.2) is 4.98 Å². The molecule has 6 heteroatoms. The Bertz CT molecular complexity index is 675. The second-order valence-corrected chi connectivity index (χ2v) is 4.14. The molecule has 2 aromatic rings. The third kappa shape index (κ3) is 2.52. The van der Waals surface area contributed by atoms with Crippen molar-refractivity contribution in [1.29, 1.82) is 0 Å². The fraction of sp³-hybridized carbons (Fsp3) is 0.231. The number of non-ortho nitro benzene ring substituents is 1. The standard InChI is InChI=1S/C13H13N3O3/c1-3-11-8(2)13(17)15-12(14-11)9-4-6-10(7-5-9)16(18)19/h4-7H,3H2,1-2H3,(H,14,15,17). The van der Waals surface area contributed by atoms with Crippen LogP contribution in [0, 0.1) is 17.0 Å². The van der Waals surface area contributed by atoms with E-state index in [1.54, 1.807) is 19.1 Å². The van der Waals surface area contributed by atoms with Crippen LogP contribution in [0.1, 0.15) is 18.2 Å². The predicted molar refractivity (Wildman–Crippen MR) is 71.1 cm³/mol. The molecule has 19 heavy (non-hydrogen) atoms. The van der Waals surface area contributed by atoms with Gasteiger partial charge in [-0.3, -0.25) is 14.9 Å². The van der Waals surface area contributed by atoms with Gasteiger partial charge in [-0.2, -0.15) is 0 Å². The van der Waals surface area contributed by atoms with Crippen molar-refractivity contribution >= 4 is 5.69 Å². The van der Waals surface area contributed by atoms with Gasteiger partial charge in [-0.05, 0) is 25.5 Å². The Kier molecular flexibility index (Phi) is 3.41. The highest BCUT2D eigenvalue weighted by Crippen LogP contribution is 2.19. The lowest BCUT2D eigenvalue weighted by Gasteiger charge is -2.05. The first-order valence-corrected chi connectivity index (χ1v) is 5.87. The number of rotatable bonds is 3. The number of nitro benzene ring substituents is 1. The van der Waals surface area contributed by atoms with Gasteiger partial charge in [0.1, 0.15) is 5.82 Å². The van der Waals surface area contributed by atoms with E-state index in [1.807, 2.05) is 6.92 Å². The first-order valence-electron chi connectivity index (χ1n) is 5.87. The van der Waals surface area contributed by atoms with Crippen LogP contribution in [0.3, 0.4) is 0 Å². The van der Waals surface area contributed by atoms with Crippen LogP contribution < -0.4 is 5.56 Å². The molecule has 2 rings (SSSR count). The average Bonchev–Trinajstić information content (AvgIpc) is 2.41. The van der Waals surface area contributed by atoms with E-state index in [0.717, 1.165) is 5.69 Å². The predicted octanol–water partition coefficient (Wildman–Crippen LogP) is 2.22. The number of nitrogens with one attached hydrogen (secondary N) is 1. The fourth-order valence-electron chi connectivity index (χ4n) is 1.80. The normalized spacial score (nSPS) is 10.4. The molecule has 0 unspecified atom stereocenters. The maximum absolute atomic E-state index is 11.8. The summed E-state index contributed by atoms with van der Waals surface area (Å²) in [6, 6.07) is 5.93. The minimum atomic E-state index is -0.466. The molecule has 1 heterocycles. The van der Waals surface area contributed by atoms with Gasteiger partial charge in [0.15, 0.2) is 0 Å². The van der Waals surface area contributed by atoms with Crippen LogP contribution in [0.25, 0.3) is 11.4 Å². The fourth-order valence-corrected chi connectivity index (χ4v) is 1.80. The Morgan fingerprint density at radius 3 is 2.47 bits per heavy atom. The topological polar surface area (TPSA) is 88.9 Å². The summed E-state index contributed by atoms with van der Waals surface area (Å²) in [7, 11) is 0. The van der Waals surface area contributed by atoms with Crippen LogP contribution >= 0.6 is 0 Å². The Hall–Kier alpha value is -2.50. The smallest absolute Gasteiger partial charge is 0.269 e. The van der Waals surface area contributed by atoms with E-state index in [1.165, 1.54) is 12.1 Å². The van der Waals surface area contributed by atoms with Crippen LogP contribution in [0.5, 0.6) is 0 Å². The first kappa shape index (κ1) is 12.9. The van der Waals surface area contributed by atoms with Gasteiger partial charge >= 0.3 is 0 Å². The van der Waals surface area contributed by atoms with E-state index in [2.05, 4.69) is 9.97 Å². The number of H-pyrrole nitrogens is 1. The lowest BCUT2D eigenvalue weighted by molar-refractivity contribution is -0.384. The number of nitrogens with zero attached hydrogens (tertiary/aromatic N) is 2. The molecule has 0 aliphatic heterocycles. The van der Waals surface area contributed by atoms with Gasteiger partial charge < -0.3 is 4.98 Å². The van der Waals surface area contributed by atoms with E-state index in [4.69, 9.17) is 0 Å². The van der Waals surface area contributed by atoms with E-state index < -0.39 is 4.92 Å². The minimum Gasteiger partial charge on any atom is -0.306 e. The van der Waals surface area contributed by atoms with Crippen LogP contribution in [-0.4, -0.2) is 14.9 Å². The molecule has 0 atom stereocenters. The Balaban J connectivity index is 2.50. The van der Waals surface area contributed by atoms with Gasteiger partial charge in [0.25, 0.3) is 11.2 Å². The molecular formula is C13H13N3O3. The number of aryl methyl sites for hydroxylation is 1.